The number of para-hydroxylation sites is 1. The van der Waals surface area contributed by atoms with Gasteiger partial charge in [-0.15, -0.1) is 0 Å². The van der Waals surface area contributed by atoms with E-state index in [0.29, 0.717) is 12.3 Å². The predicted octanol–water partition coefficient (Wildman–Crippen LogP) is 2.03. The van der Waals surface area contributed by atoms with Crippen molar-refractivity contribution >= 4 is 16.9 Å². The topological polar surface area (TPSA) is 45.5 Å². The maximum Gasteiger partial charge on any atom is 0.289 e. The maximum absolute atomic E-state index is 12.2. The molecular formula is C14H18N2O2. The van der Waals surface area contributed by atoms with E-state index in [1.54, 1.807) is 11.9 Å². The van der Waals surface area contributed by atoms with E-state index in [-0.39, 0.29) is 5.91 Å². The van der Waals surface area contributed by atoms with Crippen LogP contribution in [0, 0.1) is 6.92 Å². The van der Waals surface area contributed by atoms with Gasteiger partial charge in [0.1, 0.15) is 5.58 Å². The molecule has 0 saturated carbocycles. The molecule has 0 aliphatic carbocycles. The monoisotopic (exact) mass is 246 g/mol. The van der Waals surface area contributed by atoms with Gasteiger partial charge in [-0.1, -0.05) is 18.2 Å². The van der Waals surface area contributed by atoms with E-state index in [4.69, 9.17) is 4.42 Å². The number of fused-ring (bicyclic) bond motifs is 1. The summed E-state index contributed by atoms with van der Waals surface area (Å²) in [6.07, 6.45) is 0. The van der Waals surface area contributed by atoms with E-state index >= 15 is 0 Å². The molecule has 0 spiro atoms. The zero-order valence-corrected chi connectivity index (χ0v) is 11.0. The first-order valence-electron chi connectivity index (χ1n) is 6.03. The van der Waals surface area contributed by atoms with E-state index in [0.717, 1.165) is 23.1 Å². The molecule has 1 aromatic heterocycles. The number of amides is 1. The van der Waals surface area contributed by atoms with Gasteiger partial charge in [0.05, 0.1) is 0 Å². The molecule has 0 fully saturated rings. The van der Waals surface area contributed by atoms with Crippen LogP contribution in [0.3, 0.4) is 0 Å². The average molecular weight is 246 g/mol. The van der Waals surface area contributed by atoms with Crippen LogP contribution in [0.2, 0.25) is 0 Å². The van der Waals surface area contributed by atoms with Crippen LogP contribution >= 0.6 is 0 Å². The summed E-state index contributed by atoms with van der Waals surface area (Å²) < 4.78 is 5.65. The van der Waals surface area contributed by atoms with Crippen molar-refractivity contribution in [2.45, 2.75) is 6.92 Å². The van der Waals surface area contributed by atoms with Crippen LogP contribution in [-0.4, -0.2) is 38.0 Å². The Hall–Kier alpha value is -1.81. The molecule has 4 nitrogen and oxygen atoms in total. The van der Waals surface area contributed by atoms with Gasteiger partial charge >= 0.3 is 0 Å². The molecule has 4 heteroatoms. The first-order valence-corrected chi connectivity index (χ1v) is 6.03. The van der Waals surface area contributed by atoms with Crippen molar-refractivity contribution in [1.29, 1.82) is 0 Å². The summed E-state index contributed by atoms with van der Waals surface area (Å²) in [5, 5.41) is 4.02. The van der Waals surface area contributed by atoms with Gasteiger partial charge in [-0.3, -0.25) is 4.79 Å². The number of carbonyl (C=O) groups excluding carboxylic acids is 1. The van der Waals surface area contributed by atoms with Crippen LogP contribution in [-0.2, 0) is 0 Å². The quantitative estimate of drug-likeness (QED) is 0.897. The lowest BCUT2D eigenvalue weighted by Gasteiger charge is -2.15. The summed E-state index contributed by atoms with van der Waals surface area (Å²) in [6, 6.07) is 7.71. The number of rotatable bonds is 4. The van der Waals surface area contributed by atoms with Crippen molar-refractivity contribution in [3.05, 3.63) is 35.6 Å². The van der Waals surface area contributed by atoms with Gasteiger partial charge in [-0.05, 0) is 20.0 Å². The molecule has 0 unspecified atom stereocenters. The van der Waals surface area contributed by atoms with Crippen molar-refractivity contribution in [2.24, 2.45) is 0 Å². The van der Waals surface area contributed by atoms with Crippen molar-refractivity contribution in [1.82, 2.24) is 10.2 Å². The Kier molecular flexibility index (Phi) is 3.67. The predicted molar refractivity (Wildman–Crippen MR) is 71.8 cm³/mol. The molecule has 1 aromatic carbocycles. The number of hydrogen-bond donors (Lipinski definition) is 1. The molecule has 1 amide bonds. The molecule has 0 aliphatic rings. The SMILES string of the molecule is CNCCN(C)C(=O)c1oc2ccccc2c1C. The lowest BCUT2D eigenvalue weighted by molar-refractivity contribution is 0.0767. The summed E-state index contributed by atoms with van der Waals surface area (Å²) in [5.74, 6) is 0.369. The number of carbonyl (C=O) groups is 1. The number of furan rings is 1. The third kappa shape index (κ3) is 2.24. The van der Waals surface area contributed by atoms with Crippen LogP contribution in [0.25, 0.3) is 11.0 Å². The van der Waals surface area contributed by atoms with Gasteiger partial charge in [0.25, 0.3) is 5.91 Å². The third-order valence-electron chi connectivity index (χ3n) is 3.08. The van der Waals surface area contributed by atoms with Crippen molar-refractivity contribution in [3.63, 3.8) is 0 Å². The molecule has 18 heavy (non-hydrogen) atoms. The van der Waals surface area contributed by atoms with Crippen molar-refractivity contribution < 1.29 is 9.21 Å². The van der Waals surface area contributed by atoms with Crippen LogP contribution in [0.1, 0.15) is 16.1 Å². The number of nitrogens with zero attached hydrogens (tertiary/aromatic N) is 1. The number of benzene rings is 1. The number of aryl methyl sites for hydroxylation is 1. The lowest BCUT2D eigenvalue weighted by atomic mass is 10.1. The molecule has 0 bridgehead atoms. The normalized spacial score (nSPS) is 10.8. The zero-order chi connectivity index (χ0) is 13.1. The summed E-state index contributed by atoms with van der Waals surface area (Å²) in [5.41, 5.74) is 1.67. The van der Waals surface area contributed by atoms with Gasteiger partial charge < -0.3 is 14.6 Å². The Balaban J connectivity index is 2.30. The average Bonchev–Trinajstić information content (AvgIpc) is 2.73. The van der Waals surface area contributed by atoms with E-state index in [1.807, 2.05) is 38.2 Å². The molecule has 0 aliphatic heterocycles. The van der Waals surface area contributed by atoms with E-state index in [1.165, 1.54) is 0 Å². The smallest absolute Gasteiger partial charge is 0.289 e. The second kappa shape index (κ2) is 5.23. The van der Waals surface area contributed by atoms with Crippen LogP contribution in [0.4, 0.5) is 0 Å². The Morgan fingerprint density at radius 3 is 2.78 bits per heavy atom. The number of likely N-dealkylation sites (N-methyl/N-ethyl adjacent to an activating group) is 2. The second-order valence-electron chi connectivity index (χ2n) is 4.38. The summed E-state index contributed by atoms with van der Waals surface area (Å²) in [7, 11) is 3.65. The summed E-state index contributed by atoms with van der Waals surface area (Å²) in [4.78, 5) is 13.9. The maximum atomic E-state index is 12.2. The van der Waals surface area contributed by atoms with Crippen molar-refractivity contribution in [3.8, 4) is 0 Å². The minimum Gasteiger partial charge on any atom is -0.451 e. The highest BCUT2D eigenvalue weighted by molar-refractivity contribution is 5.98. The van der Waals surface area contributed by atoms with Crippen LogP contribution in [0.5, 0.6) is 0 Å². The van der Waals surface area contributed by atoms with E-state index in [9.17, 15) is 4.79 Å². The fourth-order valence-corrected chi connectivity index (χ4v) is 1.93. The van der Waals surface area contributed by atoms with E-state index < -0.39 is 0 Å². The molecule has 0 radical (unpaired) electrons. The first-order chi connectivity index (χ1) is 8.65. The summed E-state index contributed by atoms with van der Waals surface area (Å²) >= 11 is 0. The van der Waals surface area contributed by atoms with Crippen molar-refractivity contribution in [2.75, 3.05) is 27.2 Å². The minimum atomic E-state index is -0.0704. The Morgan fingerprint density at radius 1 is 1.39 bits per heavy atom. The fourth-order valence-electron chi connectivity index (χ4n) is 1.93. The summed E-state index contributed by atoms with van der Waals surface area (Å²) in [6.45, 7) is 3.35. The number of nitrogens with one attached hydrogen (secondary N) is 1. The van der Waals surface area contributed by atoms with Gasteiger partial charge in [-0.2, -0.15) is 0 Å². The fraction of sp³-hybridized carbons (Fsp3) is 0.357. The lowest BCUT2D eigenvalue weighted by Crippen LogP contribution is -2.32. The van der Waals surface area contributed by atoms with Crippen LogP contribution in [0.15, 0.2) is 28.7 Å². The van der Waals surface area contributed by atoms with Crippen LogP contribution < -0.4 is 5.32 Å². The van der Waals surface area contributed by atoms with Gasteiger partial charge in [0.2, 0.25) is 0 Å². The molecule has 1 heterocycles. The number of hydrogen-bond acceptors (Lipinski definition) is 3. The molecular weight excluding hydrogens is 228 g/mol. The first kappa shape index (κ1) is 12.6. The third-order valence-corrected chi connectivity index (χ3v) is 3.08. The molecule has 96 valence electrons. The second-order valence-corrected chi connectivity index (χ2v) is 4.38. The molecule has 1 N–H and O–H groups in total. The van der Waals surface area contributed by atoms with Gasteiger partial charge in [-0.25, -0.2) is 0 Å². The highest BCUT2D eigenvalue weighted by atomic mass is 16.3. The zero-order valence-electron chi connectivity index (χ0n) is 11.0. The minimum absolute atomic E-state index is 0.0704. The molecule has 0 saturated heterocycles. The standard InChI is InChI=1S/C14H18N2O2/c1-10-11-6-4-5-7-12(11)18-13(10)14(17)16(3)9-8-15-2/h4-7,15H,8-9H2,1-3H3. The highest BCUT2D eigenvalue weighted by Gasteiger charge is 2.20. The molecule has 2 aromatic rings. The largest absolute Gasteiger partial charge is 0.451 e. The highest BCUT2D eigenvalue weighted by Crippen LogP contribution is 2.25. The molecule has 0 atom stereocenters. The van der Waals surface area contributed by atoms with E-state index in [2.05, 4.69) is 5.32 Å². The Labute approximate surface area is 107 Å². The Bertz CT molecular complexity index is 560. The van der Waals surface area contributed by atoms with Gasteiger partial charge in [0, 0.05) is 31.1 Å². The van der Waals surface area contributed by atoms with Gasteiger partial charge in [0.15, 0.2) is 5.76 Å². The molecule has 2 rings (SSSR count). The Morgan fingerprint density at radius 2 is 2.11 bits per heavy atom.